The molecule has 1 N–H and O–H groups in total. The van der Waals surface area contributed by atoms with Crippen molar-refractivity contribution in [3.8, 4) is 11.5 Å². The van der Waals surface area contributed by atoms with Crippen molar-refractivity contribution in [3.63, 3.8) is 0 Å². The third kappa shape index (κ3) is 4.75. The van der Waals surface area contributed by atoms with Gasteiger partial charge in [0.25, 0.3) is 0 Å². The maximum atomic E-state index is 5.65. The number of halogens is 1. The average molecular weight is 354 g/mol. The second-order valence-electron chi connectivity index (χ2n) is 5.42. The second kappa shape index (κ2) is 8.44. The molecule has 0 unspecified atom stereocenters. The number of rotatable bonds is 7. The molecule has 0 aliphatic heterocycles. The highest BCUT2D eigenvalue weighted by molar-refractivity contribution is 9.10. The highest BCUT2D eigenvalue weighted by Crippen LogP contribution is 2.36. The quantitative estimate of drug-likeness (QED) is 0.734. The van der Waals surface area contributed by atoms with Crippen LogP contribution in [0.4, 0.5) is 0 Å². The van der Waals surface area contributed by atoms with E-state index in [1.54, 1.807) is 13.2 Å². The van der Waals surface area contributed by atoms with E-state index in [9.17, 15) is 0 Å². The normalized spacial score (nSPS) is 15.7. The van der Waals surface area contributed by atoms with E-state index < -0.39 is 0 Å². The van der Waals surface area contributed by atoms with Gasteiger partial charge >= 0.3 is 0 Å². The van der Waals surface area contributed by atoms with Crippen molar-refractivity contribution >= 4 is 15.9 Å². The SMILES string of the molecule is C=CCOc1c(Br)cc(CNC2CCCCC2)cc1OC. The van der Waals surface area contributed by atoms with Gasteiger partial charge in [0.05, 0.1) is 11.6 Å². The van der Waals surface area contributed by atoms with E-state index in [1.807, 2.05) is 6.07 Å². The van der Waals surface area contributed by atoms with Gasteiger partial charge in [-0.3, -0.25) is 0 Å². The van der Waals surface area contributed by atoms with Crippen molar-refractivity contribution in [1.82, 2.24) is 5.32 Å². The molecule has 21 heavy (non-hydrogen) atoms. The van der Waals surface area contributed by atoms with E-state index in [4.69, 9.17) is 9.47 Å². The summed E-state index contributed by atoms with van der Waals surface area (Å²) in [7, 11) is 1.67. The minimum Gasteiger partial charge on any atom is -0.493 e. The van der Waals surface area contributed by atoms with Crippen LogP contribution in [-0.4, -0.2) is 19.8 Å². The van der Waals surface area contributed by atoms with Gasteiger partial charge < -0.3 is 14.8 Å². The Kier molecular flexibility index (Phi) is 6.58. The fourth-order valence-electron chi connectivity index (χ4n) is 2.73. The van der Waals surface area contributed by atoms with E-state index in [0.29, 0.717) is 12.6 Å². The van der Waals surface area contributed by atoms with Crippen molar-refractivity contribution in [2.24, 2.45) is 0 Å². The molecule has 0 radical (unpaired) electrons. The molecule has 1 aromatic carbocycles. The number of hydrogen-bond acceptors (Lipinski definition) is 3. The number of hydrogen-bond donors (Lipinski definition) is 1. The summed E-state index contributed by atoms with van der Waals surface area (Å²) in [6.45, 7) is 5.00. The molecule has 1 fully saturated rings. The molecular formula is C17H24BrNO2. The zero-order valence-electron chi connectivity index (χ0n) is 12.7. The van der Waals surface area contributed by atoms with E-state index in [2.05, 4.69) is 33.9 Å². The Labute approximate surface area is 135 Å². The highest BCUT2D eigenvalue weighted by Gasteiger charge is 2.14. The molecule has 0 amide bonds. The first-order valence-corrected chi connectivity index (χ1v) is 8.37. The Morgan fingerprint density at radius 1 is 1.33 bits per heavy atom. The largest absolute Gasteiger partial charge is 0.493 e. The van der Waals surface area contributed by atoms with Crippen molar-refractivity contribution in [3.05, 3.63) is 34.8 Å². The maximum absolute atomic E-state index is 5.65. The summed E-state index contributed by atoms with van der Waals surface area (Å²) in [6.07, 6.45) is 8.38. The van der Waals surface area contributed by atoms with Crippen LogP contribution in [0.2, 0.25) is 0 Å². The molecule has 3 nitrogen and oxygen atoms in total. The molecule has 2 rings (SSSR count). The van der Waals surface area contributed by atoms with Crippen LogP contribution in [0.1, 0.15) is 37.7 Å². The Bertz CT molecular complexity index is 470. The first-order valence-electron chi connectivity index (χ1n) is 7.58. The molecule has 0 bridgehead atoms. The first kappa shape index (κ1) is 16.4. The van der Waals surface area contributed by atoms with Crippen LogP contribution in [0.15, 0.2) is 29.3 Å². The maximum Gasteiger partial charge on any atom is 0.175 e. The first-order chi connectivity index (χ1) is 10.2. The zero-order chi connectivity index (χ0) is 15.1. The van der Waals surface area contributed by atoms with Crippen LogP contribution in [0.5, 0.6) is 11.5 Å². The Morgan fingerprint density at radius 2 is 2.10 bits per heavy atom. The van der Waals surface area contributed by atoms with Crippen LogP contribution in [0, 0.1) is 0 Å². The summed E-state index contributed by atoms with van der Waals surface area (Å²) in [6, 6.07) is 4.79. The molecule has 0 spiro atoms. The predicted molar refractivity (Wildman–Crippen MR) is 90.1 cm³/mol. The molecule has 4 heteroatoms. The molecule has 1 aliphatic rings. The molecule has 1 aliphatic carbocycles. The van der Waals surface area contributed by atoms with Gasteiger partial charge in [-0.1, -0.05) is 31.9 Å². The monoisotopic (exact) mass is 353 g/mol. The van der Waals surface area contributed by atoms with Gasteiger partial charge in [0.15, 0.2) is 11.5 Å². The van der Waals surface area contributed by atoms with Gasteiger partial charge in [-0.2, -0.15) is 0 Å². The summed E-state index contributed by atoms with van der Waals surface area (Å²) >= 11 is 3.57. The summed E-state index contributed by atoms with van der Waals surface area (Å²) in [4.78, 5) is 0. The Morgan fingerprint density at radius 3 is 2.76 bits per heavy atom. The molecule has 0 saturated heterocycles. The fourth-order valence-corrected chi connectivity index (χ4v) is 3.33. The third-order valence-corrected chi connectivity index (χ3v) is 4.42. The van der Waals surface area contributed by atoms with Crippen molar-refractivity contribution in [2.45, 2.75) is 44.7 Å². The van der Waals surface area contributed by atoms with Gasteiger partial charge in [0.1, 0.15) is 6.61 Å². The van der Waals surface area contributed by atoms with Crippen LogP contribution in [-0.2, 0) is 6.54 Å². The minimum absolute atomic E-state index is 0.467. The van der Waals surface area contributed by atoms with Crippen molar-refractivity contribution in [1.29, 1.82) is 0 Å². The van der Waals surface area contributed by atoms with Crippen LogP contribution in [0.3, 0.4) is 0 Å². The molecule has 1 aromatic rings. The van der Waals surface area contributed by atoms with Crippen molar-refractivity contribution in [2.75, 3.05) is 13.7 Å². The molecule has 0 aromatic heterocycles. The molecule has 0 atom stereocenters. The predicted octanol–water partition coefficient (Wildman–Crippen LogP) is 4.44. The summed E-state index contributed by atoms with van der Waals surface area (Å²) in [5.41, 5.74) is 1.20. The molecule has 1 saturated carbocycles. The number of nitrogens with one attached hydrogen (secondary N) is 1. The van der Waals surface area contributed by atoms with Gasteiger partial charge in [0.2, 0.25) is 0 Å². The van der Waals surface area contributed by atoms with Gasteiger partial charge in [-0.15, -0.1) is 0 Å². The van der Waals surface area contributed by atoms with Crippen LogP contribution in [0.25, 0.3) is 0 Å². The lowest BCUT2D eigenvalue weighted by Crippen LogP contribution is -2.30. The Hall–Kier alpha value is -1.00. The second-order valence-corrected chi connectivity index (χ2v) is 6.28. The highest BCUT2D eigenvalue weighted by atomic mass is 79.9. The van der Waals surface area contributed by atoms with E-state index in [-0.39, 0.29) is 0 Å². The zero-order valence-corrected chi connectivity index (χ0v) is 14.2. The summed E-state index contributed by atoms with van der Waals surface area (Å²) in [5, 5.41) is 3.65. The summed E-state index contributed by atoms with van der Waals surface area (Å²) in [5.74, 6) is 1.49. The molecular weight excluding hydrogens is 330 g/mol. The number of ether oxygens (including phenoxy) is 2. The topological polar surface area (TPSA) is 30.5 Å². The van der Waals surface area contributed by atoms with E-state index in [1.165, 1.54) is 37.7 Å². The van der Waals surface area contributed by atoms with Gasteiger partial charge in [-0.05, 0) is 46.5 Å². The van der Waals surface area contributed by atoms with Gasteiger partial charge in [0, 0.05) is 12.6 Å². The summed E-state index contributed by atoms with van der Waals surface area (Å²) < 4.78 is 12.0. The molecule has 116 valence electrons. The lowest BCUT2D eigenvalue weighted by molar-refractivity contribution is 0.323. The van der Waals surface area contributed by atoms with E-state index in [0.717, 1.165) is 22.5 Å². The average Bonchev–Trinajstić information content (AvgIpc) is 2.52. The van der Waals surface area contributed by atoms with E-state index >= 15 is 0 Å². The standard InChI is InChI=1S/C17H24BrNO2/c1-3-9-21-17-15(18)10-13(11-16(17)20-2)12-19-14-7-5-4-6-8-14/h3,10-11,14,19H,1,4-9,12H2,2H3. The van der Waals surface area contributed by atoms with Crippen molar-refractivity contribution < 1.29 is 9.47 Å². The lowest BCUT2D eigenvalue weighted by Gasteiger charge is -2.23. The Balaban J connectivity index is 2.02. The smallest absolute Gasteiger partial charge is 0.175 e. The lowest BCUT2D eigenvalue weighted by atomic mass is 9.95. The fraction of sp³-hybridized carbons (Fsp3) is 0.529. The number of methoxy groups -OCH3 is 1. The number of benzene rings is 1. The van der Waals surface area contributed by atoms with Crippen LogP contribution < -0.4 is 14.8 Å². The van der Waals surface area contributed by atoms with Crippen LogP contribution >= 0.6 is 15.9 Å². The third-order valence-electron chi connectivity index (χ3n) is 3.83. The van der Waals surface area contributed by atoms with Gasteiger partial charge in [-0.25, -0.2) is 0 Å². The minimum atomic E-state index is 0.467. The molecule has 0 heterocycles.